The topological polar surface area (TPSA) is 84.7 Å². The number of nitrogens with one attached hydrogen (secondary N) is 1. The third kappa shape index (κ3) is 8.69. The van der Waals surface area contributed by atoms with Gasteiger partial charge in [-0.05, 0) is 91.6 Å². The van der Waals surface area contributed by atoms with Gasteiger partial charge in [-0.1, -0.05) is 38.1 Å². The normalized spacial score (nSPS) is 14.3. The molecule has 0 saturated heterocycles. The van der Waals surface area contributed by atoms with Crippen LogP contribution in [0.2, 0.25) is 0 Å². The van der Waals surface area contributed by atoms with Crippen LogP contribution in [0, 0.1) is 18.6 Å². The maximum Gasteiger partial charge on any atom is 0.338 e. The molecule has 3 aromatic carbocycles. The van der Waals surface area contributed by atoms with Crippen molar-refractivity contribution in [2.24, 2.45) is 5.73 Å². The van der Waals surface area contributed by atoms with Crippen molar-refractivity contribution in [1.82, 2.24) is 10.2 Å². The van der Waals surface area contributed by atoms with Crippen LogP contribution in [0.5, 0.6) is 0 Å². The minimum Gasteiger partial charge on any atom is -0.456 e. The molecule has 0 heterocycles. The predicted molar refractivity (Wildman–Crippen MR) is 160 cm³/mol. The van der Waals surface area contributed by atoms with Crippen molar-refractivity contribution >= 4 is 11.9 Å². The molecule has 0 spiro atoms. The number of halogens is 2. The van der Waals surface area contributed by atoms with Gasteiger partial charge in [0.1, 0.15) is 17.7 Å². The number of amides is 1. The van der Waals surface area contributed by atoms with Crippen molar-refractivity contribution < 1.29 is 23.1 Å². The molecule has 4 rings (SSSR count). The van der Waals surface area contributed by atoms with Gasteiger partial charge < -0.3 is 20.7 Å². The van der Waals surface area contributed by atoms with E-state index >= 15 is 0 Å². The highest BCUT2D eigenvalue weighted by molar-refractivity contribution is 5.98. The Labute approximate surface area is 247 Å². The van der Waals surface area contributed by atoms with E-state index in [0.29, 0.717) is 24.2 Å². The summed E-state index contributed by atoms with van der Waals surface area (Å²) in [5, 5.41) is 3.32. The molecule has 1 fully saturated rings. The van der Waals surface area contributed by atoms with E-state index < -0.39 is 29.7 Å². The highest BCUT2D eigenvalue weighted by atomic mass is 19.1. The molecule has 224 valence electrons. The van der Waals surface area contributed by atoms with Crippen molar-refractivity contribution in [3.8, 4) is 0 Å². The minimum absolute atomic E-state index is 0.0885. The molecule has 1 saturated carbocycles. The molecular weight excluding hydrogens is 536 g/mol. The summed E-state index contributed by atoms with van der Waals surface area (Å²) in [5.74, 6) is -2.09. The minimum atomic E-state index is -0.805. The molecule has 2 atom stereocenters. The van der Waals surface area contributed by atoms with Crippen LogP contribution in [0.1, 0.15) is 76.1 Å². The van der Waals surface area contributed by atoms with Crippen LogP contribution < -0.4 is 11.1 Å². The second-order valence-corrected chi connectivity index (χ2v) is 11.2. The Balaban J connectivity index is 1.51. The maximum absolute atomic E-state index is 13.9. The molecule has 3 N–H and O–H groups in total. The van der Waals surface area contributed by atoms with E-state index in [4.69, 9.17) is 10.5 Å². The lowest BCUT2D eigenvalue weighted by atomic mass is 10.0. The number of carbonyl (C=O) groups is 2. The van der Waals surface area contributed by atoms with Gasteiger partial charge in [0, 0.05) is 43.3 Å². The summed E-state index contributed by atoms with van der Waals surface area (Å²) in [4.78, 5) is 28.7. The molecule has 0 aromatic heterocycles. The number of nitrogens with zero attached hydrogens (tertiary/aromatic N) is 1. The number of hydrogen-bond acceptors (Lipinski definition) is 5. The van der Waals surface area contributed by atoms with Crippen molar-refractivity contribution in [3.63, 3.8) is 0 Å². The summed E-state index contributed by atoms with van der Waals surface area (Å²) < 4.78 is 33.6. The predicted octanol–water partition coefficient (Wildman–Crippen LogP) is 5.74. The summed E-state index contributed by atoms with van der Waals surface area (Å²) in [6, 6.07) is 16.0. The number of benzene rings is 3. The molecular formula is C34H41F2N3O3. The SMILES string of the molecule is CCCN(C(=O)c1cc(C)cc(C(=O)O[C@H](CNCc2cccc(CC)c2)[C@@H](N)Cc2cc(F)cc(F)c2)c1)C1CC1. The van der Waals surface area contributed by atoms with Crippen molar-refractivity contribution in [2.45, 2.75) is 77.6 Å². The van der Waals surface area contributed by atoms with Crippen LogP contribution in [0.3, 0.4) is 0 Å². The zero-order chi connectivity index (χ0) is 30.2. The number of nitrogens with two attached hydrogens (primary N) is 1. The fraction of sp³-hybridized carbons (Fsp3) is 0.412. The molecule has 0 bridgehead atoms. The fourth-order valence-electron chi connectivity index (χ4n) is 5.20. The number of carbonyl (C=O) groups excluding carboxylic acids is 2. The first-order valence-electron chi connectivity index (χ1n) is 14.8. The van der Waals surface area contributed by atoms with Crippen LogP contribution >= 0.6 is 0 Å². The second kappa shape index (κ2) is 14.5. The third-order valence-corrected chi connectivity index (χ3v) is 7.48. The molecule has 1 aliphatic rings. The van der Waals surface area contributed by atoms with Crippen LogP contribution in [-0.4, -0.2) is 48.1 Å². The van der Waals surface area contributed by atoms with Crippen LogP contribution in [0.15, 0.2) is 60.7 Å². The van der Waals surface area contributed by atoms with Crippen molar-refractivity contribution in [2.75, 3.05) is 13.1 Å². The van der Waals surface area contributed by atoms with E-state index in [2.05, 4.69) is 24.4 Å². The van der Waals surface area contributed by atoms with E-state index in [1.807, 2.05) is 30.9 Å². The molecule has 0 radical (unpaired) electrons. The average Bonchev–Trinajstić information content (AvgIpc) is 3.79. The molecule has 0 aliphatic heterocycles. The quantitative estimate of drug-likeness (QED) is 0.239. The number of rotatable bonds is 14. The van der Waals surface area contributed by atoms with E-state index in [1.54, 1.807) is 18.2 Å². The first kappa shape index (κ1) is 31.3. The van der Waals surface area contributed by atoms with Gasteiger partial charge in [0.2, 0.25) is 0 Å². The highest BCUT2D eigenvalue weighted by Gasteiger charge is 2.33. The lowest BCUT2D eigenvalue weighted by Gasteiger charge is -2.25. The van der Waals surface area contributed by atoms with Gasteiger partial charge in [-0.25, -0.2) is 13.6 Å². The summed E-state index contributed by atoms with van der Waals surface area (Å²) in [7, 11) is 0. The van der Waals surface area contributed by atoms with Gasteiger partial charge in [0.25, 0.3) is 5.91 Å². The first-order valence-corrected chi connectivity index (χ1v) is 14.8. The van der Waals surface area contributed by atoms with Crippen molar-refractivity contribution in [3.05, 3.63) is 106 Å². The van der Waals surface area contributed by atoms with E-state index in [1.165, 1.54) is 17.7 Å². The number of hydrogen-bond donors (Lipinski definition) is 2. The van der Waals surface area contributed by atoms with E-state index in [-0.39, 0.29) is 30.5 Å². The summed E-state index contributed by atoms with van der Waals surface area (Å²) >= 11 is 0. The Kier molecular flexibility index (Phi) is 10.8. The lowest BCUT2D eigenvalue weighted by molar-refractivity contribution is 0.0238. The van der Waals surface area contributed by atoms with Crippen LogP contribution in [0.4, 0.5) is 8.78 Å². The van der Waals surface area contributed by atoms with E-state index in [9.17, 15) is 18.4 Å². The Morgan fingerprint density at radius 3 is 2.33 bits per heavy atom. The average molecular weight is 578 g/mol. The third-order valence-electron chi connectivity index (χ3n) is 7.48. The molecule has 0 unspecified atom stereocenters. The zero-order valence-electron chi connectivity index (χ0n) is 24.7. The molecule has 42 heavy (non-hydrogen) atoms. The highest BCUT2D eigenvalue weighted by Crippen LogP contribution is 2.29. The van der Waals surface area contributed by atoms with Gasteiger partial charge in [-0.15, -0.1) is 0 Å². The number of aryl methyl sites for hydroxylation is 2. The summed E-state index contributed by atoms with van der Waals surface area (Å²) in [6.45, 7) is 7.39. The van der Waals surface area contributed by atoms with Gasteiger partial charge in [0.05, 0.1) is 5.56 Å². The Morgan fingerprint density at radius 1 is 0.976 bits per heavy atom. The summed E-state index contributed by atoms with van der Waals surface area (Å²) in [6.07, 6.45) is 3.06. The Bertz CT molecular complexity index is 1370. The molecule has 6 nitrogen and oxygen atoms in total. The monoisotopic (exact) mass is 577 g/mol. The number of esters is 1. The van der Waals surface area contributed by atoms with Crippen LogP contribution in [0.25, 0.3) is 0 Å². The first-order chi connectivity index (χ1) is 20.2. The molecule has 1 amide bonds. The van der Waals surface area contributed by atoms with Gasteiger partial charge in [0.15, 0.2) is 0 Å². The number of ether oxygens (including phenoxy) is 1. The maximum atomic E-state index is 13.9. The largest absolute Gasteiger partial charge is 0.456 e. The molecule has 8 heteroatoms. The van der Waals surface area contributed by atoms with E-state index in [0.717, 1.165) is 42.9 Å². The van der Waals surface area contributed by atoms with Gasteiger partial charge in [-0.3, -0.25) is 4.79 Å². The molecule has 1 aliphatic carbocycles. The van der Waals surface area contributed by atoms with Gasteiger partial charge >= 0.3 is 5.97 Å². The zero-order valence-corrected chi connectivity index (χ0v) is 24.7. The van der Waals surface area contributed by atoms with Crippen molar-refractivity contribution in [1.29, 1.82) is 0 Å². The Hall–Kier alpha value is -3.62. The lowest BCUT2D eigenvalue weighted by Crippen LogP contribution is -2.46. The smallest absolute Gasteiger partial charge is 0.338 e. The second-order valence-electron chi connectivity index (χ2n) is 11.2. The van der Waals surface area contributed by atoms with Gasteiger partial charge in [-0.2, -0.15) is 0 Å². The fourth-order valence-corrected chi connectivity index (χ4v) is 5.20. The van der Waals surface area contributed by atoms with Crippen LogP contribution in [-0.2, 0) is 24.1 Å². The standard InChI is InChI=1S/C34H41F2N3O3/c1-4-11-39(30-9-10-30)33(40)26-12-22(3)13-27(18-26)34(41)42-32(21-38-20-24-8-6-7-23(5-2)14-24)31(37)17-25-15-28(35)19-29(36)16-25/h6-8,12-16,18-19,30-32,38H,4-5,9-11,17,20-21,37H2,1-3H3/t31-,32+/m0/s1. The Morgan fingerprint density at radius 2 is 1.67 bits per heavy atom. The summed E-state index contributed by atoms with van der Waals surface area (Å²) in [5.41, 5.74) is 10.6. The molecule has 3 aromatic rings.